The van der Waals surface area contributed by atoms with Gasteiger partial charge in [-0.3, -0.25) is 4.79 Å². The summed E-state index contributed by atoms with van der Waals surface area (Å²) >= 11 is 0. The molecule has 1 heterocycles. The second kappa shape index (κ2) is 5.82. The average molecular weight is 243 g/mol. The molecule has 4 heteroatoms. The lowest BCUT2D eigenvalue weighted by Gasteiger charge is -2.04. The first-order valence-corrected chi connectivity index (χ1v) is 5.67. The van der Waals surface area contributed by atoms with Crippen molar-refractivity contribution < 1.29 is 14.5 Å². The van der Waals surface area contributed by atoms with Crippen LogP contribution in [0, 0.1) is 0 Å². The van der Waals surface area contributed by atoms with E-state index in [1.54, 1.807) is 19.5 Å². The number of methoxy groups -OCH3 is 1. The normalized spacial score (nSPS) is 9.83. The Balaban J connectivity index is 1.94. The third-order valence-corrected chi connectivity index (χ3v) is 2.51. The van der Waals surface area contributed by atoms with Crippen LogP contribution in [0.5, 0.6) is 5.75 Å². The quantitative estimate of drug-likeness (QED) is 0.888. The van der Waals surface area contributed by atoms with Crippen molar-refractivity contribution in [1.82, 2.24) is 0 Å². The Morgan fingerprint density at radius 3 is 2.67 bits per heavy atom. The average Bonchev–Trinajstić information content (AvgIpc) is 2.40. The molecular formula is C14H15N2O2+. The molecule has 0 aliphatic rings. The summed E-state index contributed by atoms with van der Waals surface area (Å²) in [5, 5.41) is 2.82. The smallest absolute Gasteiger partial charge is 0.228 e. The molecule has 92 valence electrons. The van der Waals surface area contributed by atoms with Gasteiger partial charge in [0.25, 0.3) is 0 Å². The Bertz CT molecular complexity index is 509. The SMILES string of the molecule is COc1ccc(CC(=O)Nc2ccc[nH+]c2)cc1. The summed E-state index contributed by atoms with van der Waals surface area (Å²) < 4.78 is 5.07. The molecule has 1 amide bonds. The Labute approximate surface area is 106 Å². The van der Waals surface area contributed by atoms with Crippen molar-refractivity contribution in [3.8, 4) is 5.75 Å². The summed E-state index contributed by atoms with van der Waals surface area (Å²) in [4.78, 5) is 14.7. The Morgan fingerprint density at radius 1 is 1.28 bits per heavy atom. The minimum absolute atomic E-state index is 0.0419. The number of hydrogen-bond acceptors (Lipinski definition) is 2. The molecule has 2 rings (SSSR count). The van der Waals surface area contributed by atoms with Gasteiger partial charge < -0.3 is 10.1 Å². The van der Waals surface area contributed by atoms with Gasteiger partial charge in [0.1, 0.15) is 11.4 Å². The second-order valence-electron chi connectivity index (χ2n) is 3.87. The molecule has 2 aromatic rings. The largest absolute Gasteiger partial charge is 0.497 e. The molecule has 1 aromatic carbocycles. The van der Waals surface area contributed by atoms with Crippen LogP contribution in [0.1, 0.15) is 5.56 Å². The van der Waals surface area contributed by atoms with Crippen molar-refractivity contribution in [2.24, 2.45) is 0 Å². The summed E-state index contributed by atoms with van der Waals surface area (Å²) in [5.41, 5.74) is 1.71. The fourth-order valence-electron chi connectivity index (χ4n) is 1.61. The van der Waals surface area contributed by atoms with Crippen LogP contribution in [0.15, 0.2) is 48.8 Å². The van der Waals surface area contributed by atoms with Gasteiger partial charge in [-0.05, 0) is 23.8 Å². The molecular weight excluding hydrogens is 228 g/mol. The molecule has 0 bridgehead atoms. The first-order valence-electron chi connectivity index (χ1n) is 5.67. The predicted molar refractivity (Wildman–Crippen MR) is 68.3 cm³/mol. The highest BCUT2D eigenvalue weighted by Gasteiger charge is 2.05. The molecule has 0 aliphatic heterocycles. The highest BCUT2D eigenvalue weighted by molar-refractivity contribution is 5.91. The van der Waals surface area contributed by atoms with Gasteiger partial charge in [-0.25, -0.2) is 4.98 Å². The molecule has 0 fully saturated rings. The standard InChI is InChI=1S/C14H14N2O2/c1-18-13-6-4-11(5-7-13)9-14(17)16-12-3-2-8-15-10-12/h2-8,10H,9H2,1H3,(H,16,17)/p+1. The summed E-state index contributed by atoms with van der Waals surface area (Å²) in [6, 6.07) is 11.1. The predicted octanol–water partition coefficient (Wildman–Crippen LogP) is 1.69. The van der Waals surface area contributed by atoms with E-state index in [1.807, 2.05) is 36.4 Å². The summed E-state index contributed by atoms with van der Waals surface area (Å²) in [6.45, 7) is 0. The number of aromatic nitrogens is 1. The molecule has 0 saturated heterocycles. The summed E-state index contributed by atoms with van der Waals surface area (Å²) in [7, 11) is 1.62. The molecule has 0 radical (unpaired) electrons. The first kappa shape index (κ1) is 12.1. The van der Waals surface area contributed by atoms with E-state index in [4.69, 9.17) is 4.74 Å². The molecule has 18 heavy (non-hydrogen) atoms. The third-order valence-electron chi connectivity index (χ3n) is 2.51. The van der Waals surface area contributed by atoms with Crippen LogP contribution in [0.4, 0.5) is 5.69 Å². The van der Waals surface area contributed by atoms with Crippen molar-refractivity contribution in [3.05, 3.63) is 54.4 Å². The van der Waals surface area contributed by atoms with Gasteiger partial charge in [0.15, 0.2) is 12.4 Å². The van der Waals surface area contributed by atoms with Crippen molar-refractivity contribution in [3.63, 3.8) is 0 Å². The van der Waals surface area contributed by atoms with Gasteiger partial charge >= 0.3 is 0 Å². The molecule has 0 spiro atoms. The van der Waals surface area contributed by atoms with Crippen molar-refractivity contribution >= 4 is 11.6 Å². The third kappa shape index (κ3) is 3.31. The van der Waals surface area contributed by atoms with E-state index >= 15 is 0 Å². The lowest BCUT2D eigenvalue weighted by atomic mass is 10.1. The molecule has 0 unspecified atom stereocenters. The number of benzene rings is 1. The number of pyridine rings is 1. The maximum absolute atomic E-state index is 11.8. The van der Waals surface area contributed by atoms with Crippen molar-refractivity contribution in [2.45, 2.75) is 6.42 Å². The summed E-state index contributed by atoms with van der Waals surface area (Å²) in [5.74, 6) is 0.747. The summed E-state index contributed by atoms with van der Waals surface area (Å²) in [6.07, 6.45) is 3.88. The molecule has 4 nitrogen and oxygen atoms in total. The second-order valence-corrected chi connectivity index (χ2v) is 3.87. The minimum atomic E-state index is -0.0419. The van der Waals surface area contributed by atoms with Crippen LogP contribution in [-0.2, 0) is 11.2 Å². The van der Waals surface area contributed by atoms with Crippen LogP contribution >= 0.6 is 0 Å². The zero-order chi connectivity index (χ0) is 12.8. The van der Waals surface area contributed by atoms with Crippen molar-refractivity contribution in [1.29, 1.82) is 0 Å². The maximum atomic E-state index is 11.8. The lowest BCUT2D eigenvalue weighted by Crippen LogP contribution is -2.15. The zero-order valence-electron chi connectivity index (χ0n) is 10.1. The number of carbonyl (C=O) groups is 1. The van der Waals surface area contributed by atoms with Crippen LogP contribution in [0.3, 0.4) is 0 Å². The number of amides is 1. The fourth-order valence-corrected chi connectivity index (χ4v) is 1.61. The number of ether oxygens (including phenoxy) is 1. The van der Waals surface area contributed by atoms with Crippen LogP contribution < -0.4 is 15.0 Å². The Hall–Kier alpha value is -2.36. The molecule has 2 N–H and O–H groups in total. The van der Waals surface area contributed by atoms with Crippen LogP contribution in [0.2, 0.25) is 0 Å². The van der Waals surface area contributed by atoms with Gasteiger partial charge in [-0.15, -0.1) is 0 Å². The van der Waals surface area contributed by atoms with Gasteiger partial charge in [-0.2, -0.15) is 0 Å². The van der Waals surface area contributed by atoms with Crippen molar-refractivity contribution in [2.75, 3.05) is 12.4 Å². The maximum Gasteiger partial charge on any atom is 0.228 e. The molecule has 0 atom stereocenters. The van der Waals surface area contributed by atoms with Crippen LogP contribution in [-0.4, -0.2) is 13.0 Å². The van der Waals surface area contributed by atoms with Crippen LogP contribution in [0.25, 0.3) is 0 Å². The number of hydrogen-bond donors (Lipinski definition) is 1. The lowest BCUT2D eigenvalue weighted by molar-refractivity contribution is -0.377. The monoisotopic (exact) mass is 243 g/mol. The van der Waals surface area contributed by atoms with E-state index in [0.29, 0.717) is 6.42 Å². The number of H-pyrrole nitrogens is 1. The number of carbonyl (C=O) groups excluding carboxylic acids is 1. The van der Waals surface area contributed by atoms with E-state index < -0.39 is 0 Å². The van der Waals surface area contributed by atoms with Gasteiger partial charge in [-0.1, -0.05) is 12.1 Å². The topological polar surface area (TPSA) is 52.5 Å². The van der Waals surface area contributed by atoms with E-state index in [2.05, 4.69) is 10.3 Å². The van der Waals surface area contributed by atoms with E-state index in [1.165, 1.54) is 0 Å². The zero-order valence-corrected chi connectivity index (χ0v) is 10.1. The molecule has 1 aromatic heterocycles. The minimum Gasteiger partial charge on any atom is -0.497 e. The number of rotatable bonds is 4. The Kier molecular flexibility index (Phi) is 3.91. The number of aromatic amines is 1. The van der Waals surface area contributed by atoms with Gasteiger partial charge in [0.2, 0.25) is 5.91 Å². The van der Waals surface area contributed by atoms with Gasteiger partial charge in [0.05, 0.1) is 13.5 Å². The van der Waals surface area contributed by atoms with E-state index in [9.17, 15) is 4.79 Å². The highest BCUT2D eigenvalue weighted by atomic mass is 16.5. The fraction of sp³-hybridized carbons (Fsp3) is 0.143. The number of anilines is 1. The highest BCUT2D eigenvalue weighted by Crippen LogP contribution is 2.12. The first-order chi connectivity index (χ1) is 8.78. The Morgan fingerprint density at radius 2 is 2.06 bits per heavy atom. The number of nitrogens with one attached hydrogen (secondary N) is 2. The van der Waals surface area contributed by atoms with E-state index in [0.717, 1.165) is 17.0 Å². The molecule has 0 aliphatic carbocycles. The van der Waals surface area contributed by atoms with E-state index in [-0.39, 0.29) is 5.91 Å². The molecule has 0 saturated carbocycles. The van der Waals surface area contributed by atoms with Gasteiger partial charge in [0, 0.05) is 6.07 Å².